The van der Waals surface area contributed by atoms with Gasteiger partial charge in [-0.1, -0.05) is 48.9 Å². The Morgan fingerprint density at radius 3 is 2.56 bits per heavy atom. The summed E-state index contributed by atoms with van der Waals surface area (Å²) in [6, 6.07) is 15.1. The summed E-state index contributed by atoms with van der Waals surface area (Å²) >= 11 is 6.08. The summed E-state index contributed by atoms with van der Waals surface area (Å²) in [5.41, 5.74) is 1.60. The molecule has 128 valence electrons. The first-order valence-corrected chi connectivity index (χ1v) is 8.96. The fourth-order valence-electron chi connectivity index (χ4n) is 4.13. The van der Waals surface area contributed by atoms with E-state index in [1.807, 2.05) is 65.3 Å². The molecule has 4 rings (SSSR count). The molecule has 2 aromatic rings. The van der Waals surface area contributed by atoms with Crippen LogP contribution in [-0.2, 0) is 10.5 Å². The van der Waals surface area contributed by atoms with Gasteiger partial charge in [-0.15, -0.1) is 0 Å². The molecule has 0 N–H and O–H groups in total. The summed E-state index contributed by atoms with van der Waals surface area (Å²) < 4.78 is 0. The Labute approximate surface area is 152 Å². The third-order valence-corrected chi connectivity index (χ3v) is 5.37. The third-order valence-electron chi connectivity index (χ3n) is 5.12. The van der Waals surface area contributed by atoms with Crippen LogP contribution in [0.25, 0.3) is 0 Å². The van der Waals surface area contributed by atoms with E-state index in [0.717, 1.165) is 17.5 Å². The molecule has 5 heteroatoms. The predicted molar refractivity (Wildman–Crippen MR) is 96.3 cm³/mol. The van der Waals surface area contributed by atoms with Crippen LogP contribution in [0.3, 0.4) is 0 Å². The van der Waals surface area contributed by atoms with E-state index in [9.17, 15) is 9.59 Å². The smallest absolute Gasteiger partial charge is 0.256 e. The minimum absolute atomic E-state index is 0.0163. The number of fused-ring (bicyclic) bond motifs is 3. The van der Waals surface area contributed by atoms with Crippen molar-refractivity contribution < 1.29 is 9.59 Å². The maximum absolute atomic E-state index is 13.0. The normalized spacial score (nSPS) is 21.4. The van der Waals surface area contributed by atoms with E-state index < -0.39 is 5.66 Å². The lowest BCUT2D eigenvalue weighted by Gasteiger charge is -2.40. The highest BCUT2D eigenvalue weighted by atomic mass is 35.5. The average Bonchev–Trinajstić information content (AvgIpc) is 3.12. The molecule has 2 heterocycles. The lowest BCUT2D eigenvalue weighted by molar-refractivity contribution is -0.136. The van der Waals surface area contributed by atoms with Gasteiger partial charge < -0.3 is 9.80 Å². The Morgan fingerprint density at radius 2 is 1.84 bits per heavy atom. The van der Waals surface area contributed by atoms with Crippen molar-refractivity contribution >= 4 is 23.4 Å². The second-order valence-corrected chi connectivity index (χ2v) is 6.91. The highest BCUT2D eigenvalue weighted by molar-refractivity contribution is 6.30. The lowest BCUT2D eigenvalue weighted by atomic mass is 9.89. The van der Waals surface area contributed by atoms with Gasteiger partial charge in [0.25, 0.3) is 5.91 Å². The van der Waals surface area contributed by atoms with E-state index in [4.69, 9.17) is 11.6 Å². The Morgan fingerprint density at radius 1 is 1.12 bits per heavy atom. The van der Waals surface area contributed by atoms with Crippen molar-refractivity contribution in [2.75, 3.05) is 13.1 Å². The topological polar surface area (TPSA) is 40.6 Å². The second kappa shape index (κ2) is 5.88. The van der Waals surface area contributed by atoms with Crippen molar-refractivity contribution in [1.29, 1.82) is 0 Å². The number of halogens is 1. The fraction of sp³-hybridized carbons (Fsp3) is 0.300. The number of carbonyl (C=O) groups excluding carboxylic acids is 2. The second-order valence-electron chi connectivity index (χ2n) is 6.48. The largest absolute Gasteiger partial charge is 0.310 e. The van der Waals surface area contributed by atoms with E-state index in [0.29, 0.717) is 30.1 Å². The monoisotopic (exact) mass is 354 g/mol. The lowest BCUT2D eigenvalue weighted by Crippen LogP contribution is -2.51. The summed E-state index contributed by atoms with van der Waals surface area (Å²) in [5.74, 6) is 0.0572. The van der Waals surface area contributed by atoms with E-state index >= 15 is 0 Å². The number of hydrogen-bond acceptors (Lipinski definition) is 2. The van der Waals surface area contributed by atoms with Crippen molar-refractivity contribution in [2.45, 2.75) is 25.4 Å². The molecule has 0 spiro atoms. The maximum Gasteiger partial charge on any atom is 0.256 e. The molecular formula is C20H19ClN2O2. The van der Waals surface area contributed by atoms with Crippen LogP contribution in [0.4, 0.5) is 0 Å². The zero-order valence-corrected chi connectivity index (χ0v) is 14.8. The zero-order chi connectivity index (χ0) is 17.6. The maximum atomic E-state index is 13.0. The van der Waals surface area contributed by atoms with Crippen LogP contribution in [0, 0.1) is 0 Å². The van der Waals surface area contributed by atoms with Crippen LogP contribution in [-0.4, -0.2) is 34.7 Å². The molecule has 2 aliphatic rings. The fourth-order valence-corrected chi connectivity index (χ4v) is 4.26. The average molecular weight is 355 g/mol. The van der Waals surface area contributed by atoms with Crippen LogP contribution in [0.5, 0.6) is 0 Å². The number of amides is 2. The summed E-state index contributed by atoms with van der Waals surface area (Å²) in [4.78, 5) is 29.6. The quantitative estimate of drug-likeness (QED) is 0.844. The van der Waals surface area contributed by atoms with Crippen LogP contribution in [0.15, 0.2) is 48.5 Å². The minimum Gasteiger partial charge on any atom is -0.310 e. The molecule has 0 aliphatic carbocycles. The zero-order valence-electron chi connectivity index (χ0n) is 14.0. The van der Waals surface area contributed by atoms with Crippen molar-refractivity contribution in [3.05, 3.63) is 70.2 Å². The Kier molecular flexibility index (Phi) is 3.80. The standard InChI is InChI=1S/C20H19ClN2O2/c1-2-5-18(24)22-12-13-23-19(25)16-6-3-4-7-17(16)20(22,23)14-8-10-15(21)11-9-14/h3-4,6-11H,2,5,12-13H2,1H3. The van der Waals surface area contributed by atoms with Gasteiger partial charge in [0.1, 0.15) is 0 Å². The molecule has 0 aromatic heterocycles. The van der Waals surface area contributed by atoms with Crippen LogP contribution < -0.4 is 0 Å². The van der Waals surface area contributed by atoms with Gasteiger partial charge in [-0.2, -0.15) is 0 Å². The third kappa shape index (κ3) is 2.13. The Hall–Kier alpha value is -2.33. The highest BCUT2D eigenvalue weighted by Gasteiger charge is 2.59. The van der Waals surface area contributed by atoms with Crippen LogP contribution in [0.1, 0.15) is 41.3 Å². The van der Waals surface area contributed by atoms with E-state index in [1.54, 1.807) is 0 Å². The van der Waals surface area contributed by atoms with E-state index in [1.165, 1.54) is 0 Å². The van der Waals surface area contributed by atoms with Crippen molar-refractivity contribution in [3.63, 3.8) is 0 Å². The number of hydrogen-bond donors (Lipinski definition) is 0. The molecule has 1 fully saturated rings. The van der Waals surface area contributed by atoms with Gasteiger partial charge in [-0.05, 0) is 24.6 Å². The number of nitrogens with zero attached hydrogens (tertiary/aromatic N) is 2. The summed E-state index contributed by atoms with van der Waals surface area (Å²) in [7, 11) is 0. The molecule has 2 aliphatic heterocycles. The van der Waals surface area contributed by atoms with Crippen LogP contribution in [0.2, 0.25) is 5.02 Å². The van der Waals surface area contributed by atoms with Gasteiger partial charge in [0.05, 0.1) is 0 Å². The van der Waals surface area contributed by atoms with E-state index in [-0.39, 0.29) is 11.8 Å². The highest BCUT2D eigenvalue weighted by Crippen LogP contribution is 2.49. The first-order chi connectivity index (χ1) is 12.1. The van der Waals surface area contributed by atoms with Crippen molar-refractivity contribution in [2.24, 2.45) is 0 Å². The van der Waals surface area contributed by atoms with Gasteiger partial charge in [-0.25, -0.2) is 0 Å². The molecule has 0 radical (unpaired) electrons. The van der Waals surface area contributed by atoms with Crippen molar-refractivity contribution in [1.82, 2.24) is 9.80 Å². The first kappa shape index (κ1) is 16.2. The molecule has 1 saturated heterocycles. The molecule has 2 aromatic carbocycles. The van der Waals surface area contributed by atoms with Gasteiger partial charge in [0.2, 0.25) is 5.91 Å². The molecule has 1 atom stereocenters. The number of rotatable bonds is 3. The molecule has 1 unspecified atom stereocenters. The first-order valence-electron chi connectivity index (χ1n) is 8.58. The molecular weight excluding hydrogens is 336 g/mol. The molecule has 0 bridgehead atoms. The van der Waals surface area contributed by atoms with E-state index in [2.05, 4.69) is 0 Å². The summed E-state index contributed by atoms with van der Waals surface area (Å²) in [6.45, 7) is 3.07. The van der Waals surface area contributed by atoms with Gasteiger partial charge >= 0.3 is 0 Å². The number of carbonyl (C=O) groups is 2. The SMILES string of the molecule is CCCC(=O)N1CCN2C(=O)c3ccccc3C12c1ccc(Cl)cc1. The van der Waals surface area contributed by atoms with Gasteiger partial charge in [0.15, 0.2) is 5.66 Å². The van der Waals surface area contributed by atoms with Gasteiger partial charge in [0, 0.05) is 41.2 Å². The molecule has 0 saturated carbocycles. The molecule has 2 amide bonds. The summed E-state index contributed by atoms with van der Waals surface area (Å²) in [6.07, 6.45) is 1.25. The molecule has 4 nitrogen and oxygen atoms in total. The minimum atomic E-state index is -0.857. The van der Waals surface area contributed by atoms with Crippen molar-refractivity contribution in [3.8, 4) is 0 Å². The predicted octanol–water partition coefficient (Wildman–Crippen LogP) is 3.64. The van der Waals surface area contributed by atoms with Gasteiger partial charge in [-0.3, -0.25) is 9.59 Å². The van der Waals surface area contributed by atoms with Crippen LogP contribution >= 0.6 is 11.6 Å². The molecule has 25 heavy (non-hydrogen) atoms. The number of benzene rings is 2. The Balaban J connectivity index is 1.98. The Bertz CT molecular complexity index is 849. The summed E-state index contributed by atoms with van der Waals surface area (Å²) in [5, 5.41) is 0.633.